The lowest BCUT2D eigenvalue weighted by molar-refractivity contribution is 0.284. The Morgan fingerprint density at radius 2 is 1.27 bits per heavy atom. The van der Waals surface area contributed by atoms with Crippen LogP contribution in [-0.4, -0.2) is 17.3 Å². The standard InChI is InChI=1S/C35H26Cl2O8/c1-17-11-26-21(14-23(17)36)32(38)30(34(40)44-26)29(31-33(39)22-15-24(37)18(2)12-27(22)45-35(31)41)20-9-10-25(28(13-20)42-3)43-16-19-7-5-4-6-8-19/h4-15,29,38-39H,16H2,1-3H3. The fraction of sp³-hybridized carbons (Fsp3) is 0.143. The van der Waals surface area contributed by atoms with E-state index in [0.717, 1.165) is 5.56 Å². The Balaban J connectivity index is 1.61. The van der Waals surface area contributed by atoms with Crippen molar-refractivity contribution in [2.45, 2.75) is 26.4 Å². The molecule has 6 aromatic rings. The second-order valence-corrected chi connectivity index (χ2v) is 11.4. The Morgan fingerprint density at radius 3 is 1.78 bits per heavy atom. The first-order valence-corrected chi connectivity index (χ1v) is 14.6. The highest BCUT2D eigenvalue weighted by atomic mass is 35.5. The molecule has 0 aliphatic heterocycles. The van der Waals surface area contributed by atoms with Gasteiger partial charge in [0.05, 0.1) is 34.9 Å². The van der Waals surface area contributed by atoms with Crippen LogP contribution >= 0.6 is 23.2 Å². The van der Waals surface area contributed by atoms with Gasteiger partial charge in [0.2, 0.25) is 0 Å². The molecule has 0 spiro atoms. The molecule has 2 N–H and O–H groups in total. The quantitative estimate of drug-likeness (QED) is 0.168. The van der Waals surface area contributed by atoms with Crippen LogP contribution < -0.4 is 20.7 Å². The number of benzene rings is 4. The third-order valence-electron chi connectivity index (χ3n) is 7.72. The summed E-state index contributed by atoms with van der Waals surface area (Å²) in [5, 5.41) is 24.1. The summed E-state index contributed by atoms with van der Waals surface area (Å²) < 4.78 is 22.9. The normalized spacial score (nSPS) is 11.4. The van der Waals surface area contributed by atoms with Crippen LogP contribution in [0.5, 0.6) is 23.0 Å². The minimum atomic E-state index is -1.39. The predicted octanol–water partition coefficient (Wildman–Crippen LogP) is 8.00. The van der Waals surface area contributed by atoms with Crippen molar-refractivity contribution in [3.63, 3.8) is 0 Å². The van der Waals surface area contributed by atoms with Crippen LogP contribution in [0.2, 0.25) is 10.0 Å². The molecular weight excluding hydrogens is 619 g/mol. The lowest BCUT2D eigenvalue weighted by atomic mass is 9.84. The predicted molar refractivity (Wildman–Crippen MR) is 173 cm³/mol. The molecule has 0 fully saturated rings. The van der Waals surface area contributed by atoms with Crippen molar-refractivity contribution in [1.29, 1.82) is 0 Å². The van der Waals surface area contributed by atoms with Crippen molar-refractivity contribution in [3.8, 4) is 23.0 Å². The number of methoxy groups -OCH3 is 1. The second-order valence-electron chi connectivity index (χ2n) is 10.6. The average molecular weight is 645 g/mol. The summed E-state index contributed by atoms with van der Waals surface area (Å²) in [6, 6.07) is 20.3. The van der Waals surface area contributed by atoms with E-state index in [-0.39, 0.29) is 45.4 Å². The fourth-order valence-corrected chi connectivity index (χ4v) is 5.67. The minimum absolute atomic E-state index is 0.0983. The molecule has 0 aliphatic rings. The van der Waals surface area contributed by atoms with Gasteiger partial charge in [-0.25, -0.2) is 9.59 Å². The zero-order valence-corrected chi connectivity index (χ0v) is 25.8. The first-order chi connectivity index (χ1) is 21.6. The molecule has 4 aromatic carbocycles. The minimum Gasteiger partial charge on any atom is -0.507 e. The smallest absolute Gasteiger partial charge is 0.344 e. The molecule has 0 saturated heterocycles. The number of hydrogen-bond acceptors (Lipinski definition) is 8. The van der Waals surface area contributed by atoms with E-state index >= 15 is 0 Å². The van der Waals surface area contributed by atoms with Crippen LogP contribution in [-0.2, 0) is 6.61 Å². The van der Waals surface area contributed by atoms with E-state index in [1.54, 1.807) is 32.0 Å². The van der Waals surface area contributed by atoms with Gasteiger partial charge < -0.3 is 28.5 Å². The van der Waals surface area contributed by atoms with Gasteiger partial charge in [0, 0.05) is 10.0 Å². The van der Waals surface area contributed by atoms with Gasteiger partial charge in [-0.2, -0.15) is 0 Å². The molecule has 8 nitrogen and oxygen atoms in total. The summed E-state index contributed by atoms with van der Waals surface area (Å²) in [5.74, 6) is -1.67. The molecule has 0 amide bonds. The van der Waals surface area contributed by atoms with E-state index in [1.165, 1.54) is 31.4 Å². The Hall–Kier alpha value is -4.92. The maximum Gasteiger partial charge on any atom is 0.344 e. The molecule has 10 heteroatoms. The van der Waals surface area contributed by atoms with E-state index in [2.05, 4.69) is 0 Å². The molecular formula is C35H26Cl2O8. The SMILES string of the molecule is COc1cc(C(c2c(O)c3cc(Cl)c(C)cc3oc2=O)c2c(O)c3cc(Cl)c(C)cc3oc2=O)ccc1OCc1ccccc1. The first kappa shape index (κ1) is 30.1. The molecule has 0 atom stereocenters. The molecule has 228 valence electrons. The first-order valence-electron chi connectivity index (χ1n) is 13.8. The Labute approximate surface area is 266 Å². The van der Waals surface area contributed by atoms with Crippen LogP contribution in [0.25, 0.3) is 21.9 Å². The van der Waals surface area contributed by atoms with Crippen LogP contribution in [0, 0.1) is 13.8 Å². The van der Waals surface area contributed by atoms with Crippen molar-refractivity contribution in [2.24, 2.45) is 0 Å². The monoisotopic (exact) mass is 644 g/mol. The summed E-state index contributed by atoms with van der Waals surface area (Å²) in [5.41, 5.74) is 0.180. The molecule has 0 saturated carbocycles. The molecule has 0 aliphatic carbocycles. The van der Waals surface area contributed by atoms with Crippen LogP contribution in [0.1, 0.15) is 39.3 Å². The van der Waals surface area contributed by atoms with E-state index in [0.29, 0.717) is 32.5 Å². The molecule has 2 heterocycles. The molecule has 0 bridgehead atoms. The van der Waals surface area contributed by atoms with Crippen molar-refractivity contribution in [2.75, 3.05) is 7.11 Å². The van der Waals surface area contributed by atoms with Gasteiger partial charge in [-0.05, 0) is 72.5 Å². The van der Waals surface area contributed by atoms with Crippen LogP contribution in [0.15, 0.2) is 91.2 Å². The molecule has 0 unspecified atom stereocenters. The Morgan fingerprint density at radius 1 is 0.733 bits per heavy atom. The molecule has 6 rings (SSSR count). The highest BCUT2D eigenvalue weighted by Gasteiger charge is 2.33. The lowest BCUT2D eigenvalue weighted by Gasteiger charge is -2.21. The zero-order chi connectivity index (χ0) is 32.0. The molecule has 0 radical (unpaired) electrons. The van der Waals surface area contributed by atoms with E-state index in [4.69, 9.17) is 41.5 Å². The molecule has 45 heavy (non-hydrogen) atoms. The van der Waals surface area contributed by atoms with Crippen molar-refractivity contribution in [3.05, 3.63) is 137 Å². The summed E-state index contributed by atoms with van der Waals surface area (Å²) in [7, 11) is 1.45. The van der Waals surface area contributed by atoms with E-state index in [1.807, 2.05) is 30.3 Å². The maximum atomic E-state index is 13.7. The second kappa shape index (κ2) is 11.9. The lowest BCUT2D eigenvalue weighted by Crippen LogP contribution is -2.21. The van der Waals surface area contributed by atoms with E-state index < -0.39 is 28.7 Å². The fourth-order valence-electron chi connectivity index (χ4n) is 5.35. The largest absolute Gasteiger partial charge is 0.507 e. The third kappa shape index (κ3) is 5.47. The zero-order valence-electron chi connectivity index (χ0n) is 24.3. The summed E-state index contributed by atoms with van der Waals surface area (Å²) >= 11 is 12.7. The highest BCUT2D eigenvalue weighted by Crippen LogP contribution is 2.45. The number of aryl methyl sites for hydroxylation is 2. The maximum absolute atomic E-state index is 13.7. The van der Waals surface area contributed by atoms with Crippen molar-refractivity contribution < 1.29 is 28.5 Å². The van der Waals surface area contributed by atoms with Crippen LogP contribution in [0.3, 0.4) is 0 Å². The van der Waals surface area contributed by atoms with Crippen molar-refractivity contribution in [1.82, 2.24) is 0 Å². The van der Waals surface area contributed by atoms with Crippen molar-refractivity contribution >= 4 is 45.1 Å². The van der Waals surface area contributed by atoms with Gasteiger partial charge in [-0.3, -0.25) is 0 Å². The van der Waals surface area contributed by atoms with Gasteiger partial charge in [-0.15, -0.1) is 0 Å². The Kier molecular flexibility index (Phi) is 7.95. The van der Waals surface area contributed by atoms with Gasteiger partial charge in [-0.1, -0.05) is 59.6 Å². The average Bonchev–Trinajstić information content (AvgIpc) is 3.02. The number of fused-ring (bicyclic) bond motifs is 2. The van der Waals surface area contributed by atoms with Gasteiger partial charge in [0.25, 0.3) is 0 Å². The third-order valence-corrected chi connectivity index (χ3v) is 8.54. The van der Waals surface area contributed by atoms with Gasteiger partial charge in [0.15, 0.2) is 11.5 Å². The number of hydrogen-bond donors (Lipinski definition) is 2. The van der Waals surface area contributed by atoms with E-state index in [9.17, 15) is 19.8 Å². The summed E-state index contributed by atoms with van der Waals surface area (Å²) in [6.07, 6.45) is 0. The summed E-state index contributed by atoms with van der Waals surface area (Å²) in [6.45, 7) is 3.72. The van der Waals surface area contributed by atoms with Gasteiger partial charge >= 0.3 is 11.3 Å². The topological polar surface area (TPSA) is 119 Å². The Bertz CT molecular complexity index is 2110. The van der Waals surface area contributed by atoms with Gasteiger partial charge in [0.1, 0.15) is 29.3 Å². The number of ether oxygens (including phenoxy) is 2. The number of halogens is 2. The summed E-state index contributed by atoms with van der Waals surface area (Å²) in [4.78, 5) is 27.3. The molecule has 2 aromatic heterocycles. The van der Waals surface area contributed by atoms with Crippen LogP contribution in [0.4, 0.5) is 0 Å². The number of aromatic hydroxyl groups is 2. The number of rotatable bonds is 7. The highest BCUT2D eigenvalue weighted by molar-refractivity contribution is 6.32.